The van der Waals surface area contributed by atoms with Crippen molar-refractivity contribution in [3.8, 4) is 0 Å². The van der Waals surface area contributed by atoms with Crippen LogP contribution in [0.2, 0.25) is 0 Å². The van der Waals surface area contributed by atoms with Crippen LogP contribution >= 0.6 is 0 Å². The quantitative estimate of drug-likeness (QED) is 0.293. The highest BCUT2D eigenvalue weighted by Gasteiger charge is 2.21. The second-order valence-electron chi connectivity index (χ2n) is 9.24. The zero-order valence-electron chi connectivity index (χ0n) is 25.1. The van der Waals surface area contributed by atoms with Crippen molar-refractivity contribution < 1.29 is 14.4 Å². The lowest BCUT2D eigenvalue weighted by Gasteiger charge is -2.22. The molecule has 0 aliphatic carbocycles. The van der Waals surface area contributed by atoms with Crippen molar-refractivity contribution in [1.29, 1.82) is 0 Å². The third-order valence-electron chi connectivity index (χ3n) is 6.94. The molecule has 0 aliphatic rings. The van der Waals surface area contributed by atoms with Crippen LogP contribution < -0.4 is 0 Å². The zero-order chi connectivity index (χ0) is 29.0. The minimum absolute atomic E-state index is 0. The summed E-state index contributed by atoms with van der Waals surface area (Å²) >= 11 is 0. The first-order valence-electron chi connectivity index (χ1n) is 13.6. The second-order valence-corrected chi connectivity index (χ2v) is 9.24. The van der Waals surface area contributed by atoms with Gasteiger partial charge in [0.15, 0.2) is 6.29 Å². The number of hydrogen-bond donors (Lipinski definition) is 0. The Morgan fingerprint density at radius 2 is 1.15 bits per heavy atom. The first-order valence-corrected chi connectivity index (χ1v) is 13.6. The molecule has 5 heteroatoms. The molecule has 0 spiro atoms. The standard InChI is InChI=1S/C17H23NO2.C16H23NO.2CH4/c1-6-9-15-12(4)10-14(11-19)16(13(15)5)17(20)18(7-2)8-3;1-6-9-14-12(4)10-11-15(13(14)5)16(18)17(7-2)8-3;;/h6,9-11H,7-8H2,1-5H3;6,9-11H,7-8H2,1-5H3;2*1H4/b2*9-6+;;. The number of rotatable bonds is 9. The lowest BCUT2D eigenvalue weighted by Crippen LogP contribution is -2.32. The molecule has 5 nitrogen and oxygen atoms in total. The van der Waals surface area contributed by atoms with Crippen LogP contribution in [0.4, 0.5) is 0 Å². The Hall–Kier alpha value is -3.47. The topological polar surface area (TPSA) is 57.7 Å². The van der Waals surface area contributed by atoms with E-state index in [1.807, 2.05) is 97.6 Å². The fourth-order valence-corrected chi connectivity index (χ4v) is 4.70. The van der Waals surface area contributed by atoms with Gasteiger partial charge in [-0.2, -0.15) is 0 Å². The largest absolute Gasteiger partial charge is 0.339 e. The molecule has 0 saturated carbocycles. The van der Waals surface area contributed by atoms with E-state index in [0.717, 1.165) is 52.8 Å². The Kier molecular flexibility index (Phi) is 18.1. The van der Waals surface area contributed by atoms with Crippen LogP contribution in [0.5, 0.6) is 0 Å². The average Bonchev–Trinajstić information content (AvgIpc) is 2.90. The van der Waals surface area contributed by atoms with Crippen LogP contribution in [-0.2, 0) is 0 Å². The van der Waals surface area contributed by atoms with E-state index >= 15 is 0 Å². The summed E-state index contributed by atoms with van der Waals surface area (Å²) in [5.74, 6) is 0.0589. The first kappa shape index (κ1) is 38.7. The summed E-state index contributed by atoms with van der Waals surface area (Å²) in [5.41, 5.74) is 8.18. The summed E-state index contributed by atoms with van der Waals surface area (Å²) in [7, 11) is 0. The van der Waals surface area contributed by atoms with Crippen molar-refractivity contribution in [1.82, 2.24) is 9.80 Å². The molecule has 0 radical (unpaired) electrons. The van der Waals surface area contributed by atoms with Gasteiger partial charge in [0.25, 0.3) is 11.8 Å². The molecule has 40 heavy (non-hydrogen) atoms. The summed E-state index contributed by atoms with van der Waals surface area (Å²) in [6.45, 7) is 22.6. The number of nitrogens with zero attached hydrogens (tertiary/aromatic N) is 2. The number of aldehydes is 1. The molecule has 222 valence electrons. The molecule has 0 heterocycles. The van der Waals surface area contributed by atoms with Crippen LogP contribution in [0.25, 0.3) is 12.2 Å². The van der Waals surface area contributed by atoms with Gasteiger partial charge in [-0.3, -0.25) is 14.4 Å². The zero-order valence-corrected chi connectivity index (χ0v) is 25.1. The van der Waals surface area contributed by atoms with Gasteiger partial charge in [0.1, 0.15) is 0 Å². The molecule has 0 N–H and O–H groups in total. The molecule has 2 amide bonds. The first-order chi connectivity index (χ1) is 18.1. The van der Waals surface area contributed by atoms with Gasteiger partial charge in [0, 0.05) is 37.3 Å². The van der Waals surface area contributed by atoms with Crippen molar-refractivity contribution in [2.24, 2.45) is 0 Å². The number of benzene rings is 2. The van der Waals surface area contributed by atoms with Gasteiger partial charge in [-0.1, -0.05) is 45.2 Å². The Labute approximate surface area is 245 Å². The van der Waals surface area contributed by atoms with Gasteiger partial charge in [0.2, 0.25) is 0 Å². The fraction of sp³-hybridized carbons (Fsp3) is 0.457. The molecular formula is C35H54N2O3. The number of amides is 2. The van der Waals surface area contributed by atoms with E-state index in [2.05, 4.69) is 13.0 Å². The van der Waals surface area contributed by atoms with E-state index in [1.165, 1.54) is 5.56 Å². The monoisotopic (exact) mass is 550 g/mol. The highest BCUT2D eigenvalue weighted by atomic mass is 16.2. The van der Waals surface area contributed by atoms with Gasteiger partial charge in [-0.05, 0) is 115 Å². The van der Waals surface area contributed by atoms with Crippen LogP contribution in [0, 0.1) is 27.7 Å². The van der Waals surface area contributed by atoms with Crippen LogP contribution in [0.1, 0.15) is 121 Å². The summed E-state index contributed by atoms with van der Waals surface area (Å²) in [5, 5.41) is 0. The average molecular weight is 551 g/mol. The summed E-state index contributed by atoms with van der Waals surface area (Å²) in [4.78, 5) is 39.9. The minimum atomic E-state index is -0.0691. The third kappa shape index (κ3) is 9.04. The predicted octanol–water partition coefficient (Wildman–Crippen LogP) is 8.72. The van der Waals surface area contributed by atoms with Gasteiger partial charge in [-0.15, -0.1) is 0 Å². The molecule has 0 atom stereocenters. The van der Waals surface area contributed by atoms with E-state index in [0.29, 0.717) is 24.2 Å². The molecule has 0 saturated heterocycles. The Bertz CT molecular complexity index is 1180. The van der Waals surface area contributed by atoms with Gasteiger partial charge < -0.3 is 9.80 Å². The second kappa shape index (κ2) is 18.8. The molecule has 0 bridgehead atoms. The summed E-state index contributed by atoms with van der Waals surface area (Å²) < 4.78 is 0. The van der Waals surface area contributed by atoms with Crippen LogP contribution in [0.15, 0.2) is 30.4 Å². The van der Waals surface area contributed by atoms with E-state index < -0.39 is 0 Å². The Morgan fingerprint density at radius 3 is 1.57 bits per heavy atom. The number of carbonyl (C=O) groups excluding carboxylic acids is 3. The predicted molar refractivity (Wildman–Crippen MR) is 175 cm³/mol. The van der Waals surface area contributed by atoms with Crippen molar-refractivity contribution in [2.45, 2.75) is 84.1 Å². The molecule has 2 aromatic carbocycles. The molecular weight excluding hydrogens is 496 g/mol. The third-order valence-corrected chi connectivity index (χ3v) is 6.94. The van der Waals surface area contributed by atoms with Gasteiger partial charge in [0.05, 0.1) is 5.56 Å². The van der Waals surface area contributed by atoms with E-state index in [-0.39, 0.29) is 26.7 Å². The smallest absolute Gasteiger partial charge is 0.254 e. The van der Waals surface area contributed by atoms with Crippen molar-refractivity contribution >= 4 is 30.3 Å². The highest BCUT2D eigenvalue weighted by molar-refractivity contribution is 6.03. The minimum Gasteiger partial charge on any atom is -0.339 e. The molecule has 0 unspecified atom stereocenters. The van der Waals surface area contributed by atoms with E-state index in [1.54, 1.807) is 11.0 Å². The maximum absolute atomic E-state index is 12.6. The molecule has 0 fully saturated rings. The lowest BCUT2D eigenvalue weighted by molar-refractivity contribution is 0.0763. The number of allylic oxidation sites excluding steroid dienone is 2. The molecule has 0 aliphatic heterocycles. The Balaban J connectivity index is 0. The lowest BCUT2D eigenvalue weighted by atomic mass is 9.92. The number of hydrogen-bond acceptors (Lipinski definition) is 3. The van der Waals surface area contributed by atoms with Crippen LogP contribution in [-0.4, -0.2) is 54.1 Å². The Morgan fingerprint density at radius 1 is 0.700 bits per heavy atom. The molecule has 0 aromatic heterocycles. The molecule has 2 aromatic rings. The fourth-order valence-electron chi connectivity index (χ4n) is 4.70. The maximum atomic E-state index is 12.6. The van der Waals surface area contributed by atoms with Crippen molar-refractivity contribution in [3.05, 3.63) is 80.4 Å². The normalized spacial score (nSPS) is 10.3. The SMILES string of the molecule is C.C.C/C=C/c1c(C)cc(C=O)c(C(=O)N(CC)CC)c1C.C/C=C/c1c(C)ccc(C(=O)N(CC)CC)c1C. The number of carbonyl (C=O) groups is 3. The van der Waals surface area contributed by atoms with Crippen molar-refractivity contribution in [3.63, 3.8) is 0 Å². The van der Waals surface area contributed by atoms with E-state index in [9.17, 15) is 14.4 Å². The number of aryl methyl sites for hydroxylation is 2. The summed E-state index contributed by atoms with van der Waals surface area (Å²) in [6.07, 6.45) is 8.79. The molecule has 2 rings (SSSR count). The summed E-state index contributed by atoms with van der Waals surface area (Å²) in [6, 6.07) is 5.77. The van der Waals surface area contributed by atoms with Gasteiger partial charge >= 0.3 is 0 Å². The maximum Gasteiger partial charge on any atom is 0.254 e. The van der Waals surface area contributed by atoms with E-state index in [4.69, 9.17) is 0 Å². The van der Waals surface area contributed by atoms with Gasteiger partial charge in [-0.25, -0.2) is 0 Å². The van der Waals surface area contributed by atoms with Crippen LogP contribution in [0.3, 0.4) is 0 Å². The van der Waals surface area contributed by atoms with Crippen molar-refractivity contribution in [2.75, 3.05) is 26.2 Å². The highest BCUT2D eigenvalue weighted by Crippen LogP contribution is 2.25.